The molecule has 0 aliphatic carbocycles. The molecule has 1 aliphatic heterocycles. The Balaban J connectivity index is 2.20. The number of nitrogens with one attached hydrogen (secondary N) is 3. The predicted molar refractivity (Wildman–Crippen MR) is 102 cm³/mol. The first-order valence-corrected chi connectivity index (χ1v) is 10.4. The normalized spacial score (nSPS) is 16.2. The first-order valence-electron chi connectivity index (χ1n) is 8.88. The lowest BCUT2D eigenvalue weighted by atomic mass is 9.93. The molecule has 2 rings (SSSR count). The summed E-state index contributed by atoms with van der Waals surface area (Å²) in [6.07, 6.45) is 1.03. The number of hydrogen-bond acceptors (Lipinski definition) is 4. The number of anilines is 1. The average Bonchev–Trinajstić information content (AvgIpc) is 2.54. The van der Waals surface area contributed by atoms with Gasteiger partial charge in [-0.05, 0) is 48.9 Å². The van der Waals surface area contributed by atoms with Crippen LogP contribution in [-0.2, 0) is 10.0 Å². The van der Waals surface area contributed by atoms with Gasteiger partial charge in [-0.2, -0.15) is 0 Å². The summed E-state index contributed by atoms with van der Waals surface area (Å²) in [6.45, 7) is 9.51. The van der Waals surface area contributed by atoms with Gasteiger partial charge in [0.2, 0.25) is 10.0 Å². The maximum atomic E-state index is 12.4. The van der Waals surface area contributed by atoms with Gasteiger partial charge in [-0.3, -0.25) is 0 Å². The quantitative estimate of drug-likeness (QED) is 0.746. The average molecular weight is 368 g/mol. The molecule has 0 saturated carbocycles. The van der Waals surface area contributed by atoms with Gasteiger partial charge < -0.3 is 10.6 Å². The summed E-state index contributed by atoms with van der Waals surface area (Å²) < 4.78 is 27.0. The summed E-state index contributed by atoms with van der Waals surface area (Å²) in [5.41, 5.74) is 2.71. The molecule has 25 heavy (non-hydrogen) atoms. The standard InChI is InChI=1S/C18H29N3O3S/c1-12(2)15-6-5-7-16(13(3)4)17(15)20-18(22)21-25(23,24)14-8-10-19-11-9-14/h5-7,12-14,19H,8-11H2,1-4H3,(H2,20,21,22). The minimum Gasteiger partial charge on any atom is -0.317 e. The van der Waals surface area contributed by atoms with Crippen LogP contribution < -0.4 is 15.4 Å². The van der Waals surface area contributed by atoms with Crippen molar-refractivity contribution in [3.63, 3.8) is 0 Å². The van der Waals surface area contributed by atoms with Crippen molar-refractivity contribution in [3.8, 4) is 0 Å². The third-order valence-electron chi connectivity index (χ3n) is 4.57. The van der Waals surface area contributed by atoms with E-state index in [1.165, 1.54) is 0 Å². The van der Waals surface area contributed by atoms with Crippen molar-refractivity contribution in [2.24, 2.45) is 0 Å². The molecule has 6 nitrogen and oxygen atoms in total. The third-order valence-corrected chi connectivity index (χ3v) is 6.39. The van der Waals surface area contributed by atoms with E-state index in [2.05, 4.69) is 15.4 Å². The first kappa shape index (κ1) is 19.7. The molecule has 0 bridgehead atoms. The van der Waals surface area contributed by atoms with E-state index in [4.69, 9.17) is 0 Å². The molecule has 1 fully saturated rings. The second-order valence-electron chi connectivity index (χ2n) is 7.17. The lowest BCUT2D eigenvalue weighted by Crippen LogP contribution is -2.45. The van der Waals surface area contributed by atoms with Gasteiger partial charge in [-0.25, -0.2) is 17.9 Å². The molecule has 7 heteroatoms. The van der Waals surface area contributed by atoms with Crippen LogP contribution in [0.2, 0.25) is 0 Å². The fraction of sp³-hybridized carbons (Fsp3) is 0.611. The zero-order valence-corrected chi connectivity index (χ0v) is 16.2. The number of carbonyl (C=O) groups is 1. The van der Waals surface area contributed by atoms with Gasteiger partial charge in [0.05, 0.1) is 5.25 Å². The van der Waals surface area contributed by atoms with Crippen molar-refractivity contribution in [1.29, 1.82) is 0 Å². The number of para-hydroxylation sites is 1. The van der Waals surface area contributed by atoms with Gasteiger partial charge >= 0.3 is 6.03 Å². The highest BCUT2D eigenvalue weighted by molar-refractivity contribution is 7.90. The molecule has 0 unspecified atom stereocenters. The van der Waals surface area contributed by atoms with Gasteiger partial charge in [-0.1, -0.05) is 45.9 Å². The molecule has 0 aromatic heterocycles. The second-order valence-corrected chi connectivity index (χ2v) is 9.13. The van der Waals surface area contributed by atoms with Gasteiger partial charge in [-0.15, -0.1) is 0 Å². The summed E-state index contributed by atoms with van der Waals surface area (Å²) in [7, 11) is -3.67. The third kappa shape index (κ3) is 4.95. The van der Waals surface area contributed by atoms with Crippen LogP contribution in [0.5, 0.6) is 0 Å². The SMILES string of the molecule is CC(C)c1cccc(C(C)C)c1NC(=O)NS(=O)(=O)C1CCNCC1. The van der Waals surface area contributed by atoms with E-state index in [1.54, 1.807) is 0 Å². The Morgan fingerprint density at radius 1 is 1.08 bits per heavy atom. The Morgan fingerprint density at radius 3 is 2.08 bits per heavy atom. The fourth-order valence-corrected chi connectivity index (χ4v) is 4.49. The summed E-state index contributed by atoms with van der Waals surface area (Å²) in [5.74, 6) is 0.435. The lowest BCUT2D eigenvalue weighted by molar-refractivity contribution is 0.256. The Morgan fingerprint density at radius 2 is 1.60 bits per heavy atom. The Kier molecular flexibility index (Phi) is 6.46. The second kappa shape index (κ2) is 8.19. The summed E-state index contributed by atoms with van der Waals surface area (Å²) in [6, 6.07) is 5.22. The fourth-order valence-electron chi connectivity index (χ4n) is 3.15. The molecule has 1 aromatic rings. The van der Waals surface area contributed by atoms with Gasteiger partial charge in [0.25, 0.3) is 0 Å². The van der Waals surface area contributed by atoms with E-state index >= 15 is 0 Å². The Bertz CT molecular complexity index is 682. The largest absolute Gasteiger partial charge is 0.332 e. The van der Waals surface area contributed by atoms with E-state index in [1.807, 2.05) is 45.9 Å². The monoisotopic (exact) mass is 367 g/mol. The number of rotatable bonds is 5. The van der Waals surface area contributed by atoms with Crippen LogP contribution in [0, 0.1) is 0 Å². The van der Waals surface area contributed by atoms with Crippen molar-refractivity contribution in [2.75, 3.05) is 18.4 Å². The van der Waals surface area contributed by atoms with Gasteiger partial charge in [0.15, 0.2) is 0 Å². The van der Waals surface area contributed by atoms with E-state index in [-0.39, 0.29) is 11.8 Å². The Hall–Kier alpha value is -1.60. The highest BCUT2D eigenvalue weighted by Crippen LogP contribution is 2.32. The predicted octanol–water partition coefficient (Wildman–Crippen LogP) is 3.14. The number of sulfonamides is 1. The maximum absolute atomic E-state index is 12.4. The van der Waals surface area contributed by atoms with Crippen LogP contribution in [0.4, 0.5) is 10.5 Å². The van der Waals surface area contributed by atoms with Crippen LogP contribution in [0.25, 0.3) is 0 Å². The first-order chi connectivity index (χ1) is 11.7. The summed E-state index contributed by atoms with van der Waals surface area (Å²) in [5, 5.41) is 5.40. The van der Waals surface area contributed by atoms with E-state index in [9.17, 15) is 13.2 Å². The molecule has 140 valence electrons. The number of carbonyl (C=O) groups excluding carboxylic acids is 1. The van der Waals surface area contributed by atoms with Crippen LogP contribution in [0.3, 0.4) is 0 Å². The molecule has 1 saturated heterocycles. The smallest absolute Gasteiger partial charge is 0.317 e. The van der Waals surface area contributed by atoms with Gasteiger partial charge in [0, 0.05) is 5.69 Å². The van der Waals surface area contributed by atoms with E-state index in [0.29, 0.717) is 31.6 Å². The Labute approximate surface area is 150 Å². The number of hydrogen-bond donors (Lipinski definition) is 3. The van der Waals surface area contributed by atoms with E-state index in [0.717, 1.165) is 11.1 Å². The molecular formula is C18H29N3O3S. The number of benzene rings is 1. The molecular weight excluding hydrogens is 338 g/mol. The van der Waals surface area contributed by atoms with Crippen molar-refractivity contribution in [3.05, 3.63) is 29.3 Å². The maximum Gasteiger partial charge on any atom is 0.332 e. The van der Waals surface area contributed by atoms with Crippen molar-refractivity contribution in [1.82, 2.24) is 10.0 Å². The van der Waals surface area contributed by atoms with Crippen LogP contribution in [0.1, 0.15) is 63.5 Å². The molecule has 1 heterocycles. The molecule has 1 aromatic carbocycles. The number of urea groups is 1. The molecule has 1 aliphatic rings. The highest BCUT2D eigenvalue weighted by Gasteiger charge is 2.29. The molecule has 3 N–H and O–H groups in total. The van der Waals surface area contributed by atoms with Crippen molar-refractivity contribution in [2.45, 2.75) is 57.6 Å². The zero-order chi connectivity index (χ0) is 18.6. The minimum atomic E-state index is -3.67. The van der Waals surface area contributed by atoms with Crippen molar-refractivity contribution < 1.29 is 13.2 Å². The van der Waals surface area contributed by atoms with E-state index < -0.39 is 21.3 Å². The topological polar surface area (TPSA) is 87.3 Å². The molecule has 0 radical (unpaired) electrons. The van der Waals surface area contributed by atoms with Crippen LogP contribution in [0.15, 0.2) is 18.2 Å². The van der Waals surface area contributed by atoms with Gasteiger partial charge in [0.1, 0.15) is 0 Å². The molecule has 0 spiro atoms. The van der Waals surface area contributed by atoms with Crippen LogP contribution in [-0.4, -0.2) is 32.8 Å². The minimum absolute atomic E-state index is 0.218. The number of amides is 2. The number of piperidine rings is 1. The summed E-state index contributed by atoms with van der Waals surface area (Å²) >= 11 is 0. The zero-order valence-electron chi connectivity index (χ0n) is 15.4. The van der Waals surface area contributed by atoms with Crippen molar-refractivity contribution >= 4 is 21.7 Å². The molecule has 2 amide bonds. The summed E-state index contributed by atoms with van der Waals surface area (Å²) in [4.78, 5) is 12.4. The highest BCUT2D eigenvalue weighted by atomic mass is 32.2. The molecule has 0 atom stereocenters. The lowest BCUT2D eigenvalue weighted by Gasteiger charge is -2.24. The van der Waals surface area contributed by atoms with Crippen LogP contribution >= 0.6 is 0 Å².